The van der Waals surface area contributed by atoms with Crippen LogP contribution >= 0.6 is 11.3 Å². The first-order valence-electron chi connectivity index (χ1n) is 8.98. The Kier molecular flexibility index (Phi) is 4.75. The third kappa shape index (κ3) is 3.36. The zero-order valence-electron chi connectivity index (χ0n) is 15.4. The summed E-state index contributed by atoms with van der Waals surface area (Å²) in [6, 6.07) is 0. The highest BCUT2D eigenvalue weighted by molar-refractivity contribution is 7.18. The van der Waals surface area contributed by atoms with Crippen molar-refractivity contribution in [3.8, 4) is 0 Å². The van der Waals surface area contributed by atoms with Gasteiger partial charge < -0.3 is 5.11 Å². The van der Waals surface area contributed by atoms with Gasteiger partial charge in [-0.25, -0.2) is 4.98 Å². The van der Waals surface area contributed by atoms with E-state index in [-0.39, 0.29) is 17.5 Å². The summed E-state index contributed by atoms with van der Waals surface area (Å²) in [5.41, 5.74) is 1.18. The van der Waals surface area contributed by atoms with Gasteiger partial charge in [-0.3, -0.25) is 14.2 Å². The topological polar surface area (TPSA) is 72.2 Å². The summed E-state index contributed by atoms with van der Waals surface area (Å²) in [7, 11) is 0. The first-order valence-corrected chi connectivity index (χ1v) is 9.79. The molecule has 0 amide bonds. The van der Waals surface area contributed by atoms with Crippen LogP contribution in [-0.4, -0.2) is 20.6 Å². The number of carboxylic acid groups (broad SMARTS) is 1. The molecule has 0 aliphatic heterocycles. The van der Waals surface area contributed by atoms with E-state index in [0.717, 1.165) is 36.1 Å². The summed E-state index contributed by atoms with van der Waals surface area (Å²) in [5, 5.41) is 9.85. The fourth-order valence-electron chi connectivity index (χ4n) is 3.75. The second-order valence-electron chi connectivity index (χ2n) is 8.05. The number of carboxylic acids is 1. The lowest BCUT2D eigenvalue weighted by atomic mass is 9.72. The number of hydrogen-bond donors (Lipinski definition) is 1. The van der Waals surface area contributed by atoms with Gasteiger partial charge in [0.15, 0.2) is 0 Å². The van der Waals surface area contributed by atoms with Gasteiger partial charge in [-0.1, -0.05) is 27.7 Å². The quantitative estimate of drug-likeness (QED) is 0.901. The number of aryl methyl sites for hydroxylation is 2. The van der Waals surface area contributed by atoms with Gasteiger partial charge in [-0.2, -0.15) is 0 Å². The fraction of sp³-hybridized carbons (Fsp3) is 0.632. The molecular formula is C19H26N2O3S. The third-order valence-electron chi connectivity index (χ3n) is 5.24. The molecule has 6 heteroatoms. The van der Waals surface area contributed by atoms with Crippen LogP contribution in [0.1, 0.15) is 56.8 Å². The van der Waals surface area contributed by atoms with Gasteiger partial charge in [-0.15, -0.1) is 11.3 Å². The van der Waals surface area contributed by atoms with E-state index in [1.807, 2.05) is 6.92 Å². The van der Waals surface area contributed by atoms with Crippen molar-refractivity contribution in [3.63, 3.8) is 0 Å². The molecule has 0 radical (unpaired) electrons. The SMILES string of the molecule is CCCc1nc2sc3c(c2c(=O)n1CC(=O)O)CCC(C(C)(C)C)C3. The highest BCUT2D eigenvalue weighted by atomic mass is 32.1. The van der Waals surface area contributed by atoms with E-state index in [1.165, 1.54) is 9.44 Å². The van der Waals surface area contributed by atoms with Crippen LogP contribution in [0.4, 0.5) is 0 Å². The van der Waals surface area contributed by atoms with Crippen molar-refractivity contribution >= 4 is 27.5 Å². The standard InChI is InChI=1S/C19H26N2O3S/c1-5-6-14-20-17-16(18(24)21(14)10-15(22)23)12-8-7-11(19(2,3)4)9-13(12)25-17/h11H,5-10H2,1-4H3,(H,22,23). The first-order chi connectivity index (χ1) is 11.7. The molecule has 1 unspecified atom stereocenters. The Hall–Kier alpha value is -1.69. The maximum atomic E-state index is 13.0. The first kappa shape index (κ1) is 18.1. The van der Waals surface area contributed by atoms with Gasteiger partial charge in [0.2, 0.25) is 0 Å². The summed E-state index contributed by atoms with van der Waals surface area (Å²) < 4.78 is 1.36. The molecule has 3 rings (SSSR count). The van der Waals surface area contributed by atoms with Gasteiger partial charge in [-0.05, 0) is 42.6 Å². The average Bonchev–Trinajstić information content (AvgIpc) is 2.87. The normalized spacial score (nSPS) is 17.7. The van der Waals surface area contributed by atoms with Gasteiger partial charge in [0.05, 0.1) is 5.39 Å². The maximum Gasteiger partial charge on any atom is 0.323 e. The number of aliphatic carboxylic acids is 1. The van der Waals surface area contributed by atoms with Crippen LogP contribution < -0.4 is 5.56 Å². The van der Waals surface area contributed by atoms with Crippen molar-refractivity contribution < 1.29 is 9.90 Å². The number of hydrogen-bond acceptors (Lipinski definition) is 4. The molecule has 1 N–H and O–H groups in total. The second kappa shape index (κ2) is 6.56. The van der Waals surface area contributed by atoms with Gasteiger partial charge in [0.1, 0.15) is 17.2 Å². The van der Waals surface area contributed by atoms with E-state index in [2.05, 4.69) is 25.8 Å². The molecule has 0 saturated carbocycles. The molecule has 2 aromatic rings. The number of fused-ring (bicyclic) bond motifs is 3. The number of rotatable bonds is 4. The zero-order valence-corrected chi connectivity index (χ0v) is 16.2. The average molecular weight is 362 g/mol. The minimum absolute atomic E-state index is 0.178. The molecule has 0 spiro atoms. The molecule has 136 valence electrons. The molecule has 0 saturated heterocycles. The Labute approximate surface area is 151 Å². The number of thiophene rings is 1. The molecule has 0 bridgehead atoms. The van der Waals surface area contributed by atoms with E-state index in [4.69, 9.17) is 0 Å². The molecule has 1 aliphatic carbocycles. The van der Waals surface area contributed by atoms with Crippen LogP contribution in [0.5, 0.6) is 0 Å². The van der Waals surface area contributed by atoms with E-state index in [9.17, 15) is 14.7 Å². The van der Waals surface area contributed by atoms with Crippen LogP contribution in [-0.2, 0) is 30.6 Å². The van der Waals surface area contributed by atoms with Gasteiger partial charge >= 0.3 is 5.97 Å². The lowest BCUT2D eigenvalue weighted by Gasteiger charge is -2.33. The monoisotopic (exact) mass is 362 g/mol. The maximum absolute atomic E-state index is 13.0. The third-order valence-corrected chi connectivity index (χ3v) is 6.39. The smallest absolute Gasteiger partial charge is 0.323 e. The summed E-state index contributed by atoms with van der Waals surface area (Å²) >= 11 is 1.63. The summed E-state index contributed by atoms with van der Waals surface area (Å²) in [6.07, 6.45) is 4.38. The van der Waals surface area contributed by atoms with Crippen LogP contribution in [0.25, 0.3) is 10.2 Å². The Morgan fingerprint density at radius 2 is 2.12 bits per heavy atom. The Morgan fingerprint density at radius 3 is 2.72 bits per heavy atom. The Morgan fingerprint density at radius 1 is 1.40 bits per heavy atom. The van der Waals surface area contributed by atoms with Crippen molar-refractivity contribution in [1.29, 1.82) is 0 Å². The number of nitrogens with zero attached hydrogens (tertiary/aromatic N) is 2. The van der Waals surface area contributed by atoms with Crippen LogP contribution in [0.15, 0.2) is 4.79 Å². The predicted molar refractivity (Wildman–Crippen MR) is 100 cm³/mol. The molecular weight excluding hydrogens is 336 g/mol. The Balaban J connectivity index is 2.15. The summed E-state index contributed by atoms with van der Waals surface area (Å²) in [4.78, 5) is 31.0. The largest absolute Gasteiger partial charge is 0.480 e. The van der Waals surface area contributed by atoms with Crippen molar-refractivity contribution in [1.82, 2.24) is 9.55 Å². The highest BCUT2D eigenvalue weighted by Gasteiger charge is 2.32. The molecule has 1 atom stereocenters. The van der Waals surface area contributed by atoms with E-state index in [1.54, 1.807) is 11.3 Å². The summed E-state index contributed by atoms with van der Waals surface area (Å²) in [6.45, 7) is 8.51. The zero-order chi connectivity index (χ0) is 18.4. The van der Waals surface area contributed by atoms with Crippen LogP contribution in [0, 0.1) is 11.3 Å². The van der Waals surface area contributed by atoms with Gasteiger partial charge in [0.25, 0.3) is 5.56 Å². The molecule has 2 aromatic heterocycles. The minimum Gasteiger partial charge on any atom is -0.480 e. The lowest BCUT2D eigenvalue weighted by Crippen LogP contribution is -2.29. The lowest BCUT2D eigenvalue weighted by molar-refractivity contribution is -0.137. The second-order valence-corrected chi connectivity index (χ2v) is 9.14. The highest BCUT2D eigenvalue weighted by Crippen LogP contribution is 2.42. The molecule has 5 nitrogen and oxygen atoms in total. The van der Waals surface area contributed by atoms with Gasteiger partial charge in [0, 0.05) is 11.3 Å². The van der Waals surface area contributed by atoms with E-state index >= 15 is 0 Å². The number of carbonyl (C=O) groups is 1. The molecule has 0 aromatic carbocycles. The number of aromatic nitrogens is 2. The predicted octanol–water partition coefficient (Wildman–Crippen LogP) is 3.65. The summed E-state index contributed by atoms with van der Waals surface area (Å²) in [5.74, 6) is 0.190. The van der Waals surface area contributed by atoms with Crippen molar-refractivity contribution in [2.45, 2.75) is 66.3 Å². The Bertz CT molecular complexity index is 873. The van der Waals surface area contributed by atoms with Crippen molar-refractivity contribution in [2.24, 2.45) is 11.3 Å². The molecule has 25 heavy (non-hydrogen) atoms. The van der Waals surface area contributed by atoms with Crippen LogP contribution in [0.2, 0.25) is 0 Å². The van der Waals surface area contributed by atoms with Crippen molar-refractivity contribution in [3.05, 3.63) is 26.6 Å². The van der Waals surface area contributed by atoms with E-state index < -0.39 is 5.97 Å². The molecule has 1 aliphatic rings. The van der Waals surface area contributed by atoms with E-state index in [0.29, 0.717) is 23.5 Å². The minimum atomic E-state index is -1.00. The van der Waals surface area contributed by atoms with Crippen molar-refractivity contribution in [2.75, 3.05) is 0 Å². The van der Waals surface area contributed by atoms with Crippen LogP contribution in [0.3, 0.4) is 0 Å². The molecule has 0 fully saturated rings. The fourth-order valence-corrected chi connectivity index (χ4v) is 5.06. The molecule has 2 heterocycles.